The first-order valence-corrected chi connectivity index (χ1v) is 11.5. The third-order valence-electron chi connectivity index (χ3n) is 4.78. The monoisotopic (exact) mass is 461 g/mol. The lowest BCUT2D eigenvalue weighted by atomic mass is 10.2. The number of amides is 1. The van der Waals surface area contributed by atoms with E-state index in [9.17, 15) is 4.79 Å². The molecular formula is C23H28ClN3O3S. The average Bonchev–Trinajstić information content (AvgIpc) is 3.20. The summed E-state index contributed by atoms with van der Waals surface area (Å²) in [7, 11) is 5.55. The number of anilines is 1. The van der Waals surface area contributed by atoms with Crippen molar-refractivity contribution in [1.29, 1.82) is 0 Å². The van der Waals surface area contributed by atoms with E-state index < -0.39 is 0 Å². The summed E-state index contributed by atoms with van der Waals surface area (Å²) in [5.41, 5.74) is 1.25. The third kappa shape index (κ3) is 5.67. The molecule has 0 saturated carbocycles. The predicted molar refractivity (Wildman–Crippen MR) is 128 cm³/mol. The van der Waals surface area contributed by atoms with E-state index in [4.69, 9.17) is 26.1 Å². The van der Waals surface area contributed by atoms with Crippen LogP contribution in [0.1, 0.15) is 30.1 Å². The zero-order valence-corrected chi connectivity index (χ0v) is 19.9. The van der Waals surface area contributed by atoms with E-state index in [1.807, 2.05) is 31.1 Å². The Balaban J connectivity index is 1.91. The van der Waals surface area contributed by atoms with Crippen molar-refractivity contribution in [2.75, 3.05) is 45.8 Å². The van der Waals surface area contributed by atoms with Crippen LogP contribution in [0, 0.1) is 0 Å². The first-order chi connectivity index (χ1) is 14.9. The number of hydrogen-bond donors (Lipinski definition) is 0. The highest BCUT2D eigenvalue weighted by Gasteiger charge is 2.23. The molecule has 0 aliphatic carbocycles. The molecular weight excluding hydrogens is 434 g/mol. The molecule has 0 bridgehead atoms. The highest BCUT2D eigenvalue weighted by molar-refractivity contribution is 7.23. The van der Waals surface area contributed by atoms with Gasteiger partial charge in [0.05, 0.1) is 23.4 Å². The standard InChI is InChI=1S/C23H28ClN3O3S/c1-5-6-15-30-17-9-7-16(8-10-17)22(28)27(14-13-26(2)3)23-25-20-19(29-4)12-11-18(24)21(20)31-23/h7-12H,5-6,13-15H2,1-4H3. The molecule has 0 N–H and O–H groups in total. The van der Waals surface area contributed by atoms with E-state index in [1.165, 1.54) is 11.3 Å². The van der Waals surface area contributed by atoms with E-state index in [2.05, 4.69) is 6.92 Å². The number of benzene rings is 2. The summed E-state index contributed by atoms with van der Waals surface area (Å²) in [6.07, 6.45) is 2.08. The minimum absolute atomic E-state index is 0.115. The zero-order valence-electron chi connectivity index (χ0n) is 18.4. The van der Waals surface area contributed by atoms with Gasteiger partial charge in [-0.1, -0.05) is 36.3 Å². The largest absolute Gasteiger partial charge is 0.494 e. The van der Waals surface area contributed by atoms with Gasteiger partial charge in [0.2, 0.25) is 0 Å². The molecule has 0 spiro atoms. The lowest BCUT2D eigenvalue weighted by molar-refractivity contribution is 0.0985. The van der Waals surface area contributed by atoms with Crippen LogP contribution in [0.5, 0.6) is 11.5 Å². The minimum Gasteiger partial charge on any atom is -0.494 e. The van der Waals surface area contributed by atoms with E-state index >= 15 is 0 Å². The van der Waals surface area contributed by atoms with Crippen molar-refractivity contribution in [2.24, 2.45) is 0 Å². The summed E-state index contributed by atoms with van der Waals surface area (Å²) >= 11 is 7.78. The fourth-order valence-corrected chi connectivity index (χ4v) is 4.27. The molecule has 0 fully saturated rings. The van der Waals surface area contributed by atoms with Crippen molar-refractivity contribution >= 4 is 44.2 Å². The van der Waals surface area contributed by atoms with Crippen LogP contribution < -0.4 is 14.4 Å². The van der Waals surface area contributed by atoms with Gasteiger partial charge >= 0.3 is 0 Å². The summed E-state index contributed by atoms with van der Waals surface area (Å²) in [6, 6.07) is 10.8. The lowest BCUT2D eigenvalue weighted by Gasteiger charge is -2.22. The van der Waals surface area contributed by atoms with Crippen molar-refractivity contribution in [3.05, 3.63) is 47.0 Å². The topological polar surface area (TPSA) is 54.9 Å². The molecule has 2 aromatic carbocycles. The van der Waals surface area contributed by atoms with Crippen LogP contribution >= 0.6 is 22.9 Å². The van der Waals surface area contributed by atoms with Gasteiger partial charge in [-0.25, -0.2) is 4.98 Å². The molecule has 0 aliphatic rings. The number of carbonyl (C=O) groups excluding carboxylic acids is 1. The number of rotatable bonds is 10. The number of hydrogen-bond acceptors (Lipinski definition) is 6. The number of carbonyl (C=O) groups is 1. The first-order valence-electron chi connectivity index (χ1n) is 10.3. The van der Waals surface area contributed by atoms with Crippen molar-refractivity contribution in [3.63, 3.8) is 0 Å². The maximum absolute atomic E-state index is 13.4. The molecule has 0 saturated heterocycles. The number of aromatic nitrogens is 1. The second-order valence-electron chi connectivity index (χ2n) is 7.41. The van der Waals surface area contributed by atoms with Gasteiger partial charge in [0.15, 0.2) is 5.13 Å². The van der Waals surface area contributed by atoms with Crippen LogP contribution in [-0.2, 0) is 0 Å². The number of methoxy groups -OCH3 is 1. The Morgan fingerprint density at radius 3 is 2.52 bits per heavy atom. The van der Waals surface area contributed by atoms with Gasteiger partial charge in [0.25, 0.3) is 5.91 Å². The number of ether oxygens (including phenoxy) is 2. The molecule has 1 aromatic heterocycles. The van der Waals surface area contributed by atoms with Gasteiger partial charge in [0, 0.05) is 18.7 Å². The average molecular weight is 462 g/mol. The number of halogens is 1. The number of fused-ring (bicyclic) bond motifs is 1. The van der Waals surface area contributed by atoms with Crippen molar-refractivity contribution in [1.82, 2.24) is 9.88 Å². The Hall–Kier alpha value is -2.35. The van der Waals surface area contributed by atoms with E-state index in [1.54, 1.807) is 36.3 Å². The van der Waals surface area contributed by atoms with E-state index in [0.717, 1.165) is 23.3 Å². The maximum Gasteiger partial charge on any atom is 0.260 e. The van der Waals surface area contributed by atoms with Crippen molar-refractivity contribution < 1.29 is 14.3 Å². The SMILES string of the molecule is CCCCOc1ccc(C(=O)N(CCN(C)C)c2nc3c(OC)ccc(Cl)c3s2)cc1. The van der Waals surface area contributed by atoms with Gasteiger partial charge in [0.1, 0.15) is 17.0 Å². The third-order valence-corrected chi connectivity index (χ3v) is 6.32. The summed E-state index contributed by atoms with van der Waals surface area (Å²) in [5, 5.41) is 1.18. The molecule has 31 heavy (non-hydrogen) atoms. The van der Waals surface area contributed by atoms with Crippen LogP contribution in [0.15, 0.2) is 36.4 Å². The molecule has 3 aromatic rings. The Labute approximate surface area is 192 Å². The molecule has 0 radical (unpaired) electrons. The number of thiazole rings is 1. The first kappa shape index (κ1) is 23.3. The maximum atomic E-state index is 13.4. The Morgan fingerprint density at radius 2 is 1.87 bits per heavy atom. The summed E-state index contributed by atoms with van der Waals surface area (Å²) in [6.45, 7) is 4.00. The Bertz CT molecular complexity index is 1020. The van der Waals surface area contributed by atoms with E-state index in [-0.39, 0.29) is 5.91 Å². The van der Waals surface area contributed by atoms with Gasteiger partial charge < -0.3 is 14.4 Å². The van der Waals surface area contributed by atoms with Crippen LogP contribution in [-0.4, -0.2) is 56.7 Å². The highest BCUT2D eigenvalue weighted by Crippen LogP contribution is 2.39. The Kier molecular flexibility index (Phi) is 8.12. The lowest BCUT2D eigenvalue weighted by Crippen LogP contribution is -2.36. The van der Waals surface area contributed by atoms with Crippen LogP contribution in [0.3, 0.4) is 0 Å². The van der Waals surface area contributed by atoms with Gasteiger partial charge in [-0.15, -0.1) is 0 Å². The second kappa shape index (κ2) is 10.8. The van der Waals surface area contributed by atoms with E-state index in [0.29, 0.717) is 46.7 Å². The molecule has 3 rings (SSSR count). The molecule has 166 valence electrons. The van der Waals surface area contributed by atoms with Crippen LogP contribution in [0.2, 0.25) is 5.02 Å². The summed E-state index contributed by atoms with van der Waals surface area (Å²) < 4.78 is 11.9. The molecule has 0 unspecified atom stereocenters. The molecule has 0 aliphatic heterocycles. The molecule has 1 amide bonds. The minimum atomic E-state index is -0.115. The smallest absolute Gasteiger partial charge is 0.260 e. The number of unbranched alkanes of at least 4 members (excludes halogenated alkanes) is 1. The van der Waals surface area contributed by atoms with Gasteiger partial charge in [-0.05, 0) is 56.9 Å². The van der Waals surface area contributed by atoms with Crippen molar-refractivity contribution in [3.8, 4) is 11.5 Å². The van der Waals surface area contributed by atoms with Crippen LogP contribution in [0.4, 0.5) is 5.13 Å². The molecule has 1 heterocycles. The molecule has 0 atom stereocenters. The fraction of sp³-hybridized carbons (Fsp3) is 0.391. The second-order valence-corrected chi connectivity index (χ2v) is 8.79. The molecule has 8 heteroatoms. The molecule has 6 nitrogen and oxygen atoms in total. The normalized spacial score (nSPS) is 11.2. The van der Waals surface area contributed by atoms with Crippen LogP contribution in [0.25, 0.3) is 10.2 Å². The number of likely N-dealkylation sites (N-methyl/N-ethyl adjacent to an activating group) is 1. The fourth-order valence-electron chi connectivity index (χ4n) is 2.99. The van der Waals surface area contributed by atoms with Gasteiger partial charge in [-0.3, -0.25) is 9.69 Å². The Morgan fingerprint density at radius 1 is 1.13 bits per heavy atom. The summed E-state index contributed by atoms with van der Waals surface area (Å²) in [4.78, 5) is 21.9. The zero-order chi connectivity index (χ0) is 22.4. The summed E-state index contributed by atoms with van der Waals surface area (Å²) in [5.74, 6) is 1.29. The quantitative estimate of drug-likeness (QED) is 0.381. The number of nitrogens with zero attached hydrogens (tertiary/aromatic N) is 3. The highest BCUT2D eigenvalue weighted by atomic mass is 35.5. The van der Waals surface area contributed by atoms with Gasteiger partial charge in [-0.2, -0.15) is 0 Å². The van der Waals surface area contributed by atoms with Crippen molar-refractivity contribution in [2.45, 2.75) is 19.8 Å². The predicted octanol–water partition coefficient (Wildman–Crippen LogP) is 5.35.